The van der Waals surface area contributed by atoms with Crippen LogP contribution in [0, 0.1) is 0 Å². The van der Waals surface area contributed by atoms with Gasteiger partial charge in [-0.05, 0) is 35.9 Å². The number of methoxy groups -OCH3 is 1. The third-order valence-electron chi connectivity index (χ3n) is 3.41. The van der Waals surface area contributed by atoms with E-state index in [1.165, 1.54) is 0 Å². The van der Waals surface area contributed by atoms with Crippen LogP contribution in [0.5, 0.6) is 11.5 Å². The standard InChI is InChI=1S/C17H15NO4/c1-21-12-7-5-11(6-8-12)10-22-16-4-2-3-14-13(16)9-15(18-14)17(19)20/h2-9,18H,10H2,1H3,(H,19,20). The van der Waals surface area contributed by atoms with E-state index in [0.29, 0.717) is 12.4 Å². The lowest BCUT2D eigenvalue weighted by Crippen LogP contribution is -1.95. The number of fused-ring (bicyclic) bond motifs is 1. The molecule has 0 aliphatic rings. The van der Waals surface area contributed by atoms with E-state index >= 15 is 0 Å². The van der Waals surface area contributed by atoms with E-state index in [1.807, 2.05) is 42.5 Å². The predicted molar refractivity (Wildman–Crippen MR) is 82.6 cm³/mol. The zero-order valence-electron chi connectivity index (χ0n) is 12.0. The molecule has 0 bridgehead atoms. The number of H-pyrrole nitrogens is 1. The van der Waals surface area contributed by atoms with Gasteiger partial charge in [0.15, 0.2) is 0 Å². The van der Waals surface area contributed by atoms with Crippen molar-refractivity contribution in [2.24, 2.45) is 0 Å². The van der Waals surface area contributed by atoms with Crippen LogP contribution in [0.4, 0.5) is 0 Å². The van der Waals surface area contributed by atoms with Crippen molar-refractivity contribution in [2.75, 3.05) is 7.11 Å². The summed E-state index contributed by atoms with van der Waals surface area (Å²) in [5, 5.41) is 9.81. The normalized spacial score (nSPS) is 10.6. The Bertz CT molecular complexity index is 805. The van der Waals surface area contributed by atoms with Gasteiger partial charge in [0.05, 0.1) is 7.11 Å². The van der Waals surface area contributed by atoms with Crippen molar-refractivity contribution < 1.29 is 19.4 Å². The molecule has 0 atom stereocenters. The van der Waals surface area contributed by atoms with E-state index in [9.17, 15) is 4.79 Å². The van der Waals surface area contributed by atoms with Gasteiger partial charge in [-0.3, -0.25) is 0 Å². The van der Waals surface area contributed by atoms with Crippen molar-refractivity contribution in [2.45, 2.75) is 6.61 Å². The molecular formula is C17H15NO4. The number of aromatic amines is 1. The molecule has 3 aromatic rings. The molecule has 0 unspecified atom stereocenters. The fraction of sp³-hybridized carbons (Fsp3) is 0.118. The molecule has 0 aliphatic heterocycles. The van der Waals surface area contributed by atoms with Crippen molar-refractivity contribution in [3.8, 4) is 11.5 Å². The molecule has 0 aliphatic carbocycles. The molecule has 0 amide bonds. The molecule has 5 heteroatoms. The van der Waals surface area contributed by atoms with Gasteiger partial charge in [-0.1, -0.05) is 18.2 Å². The van der Waals surface area contributed by atoms with Crippen molar-refractivity contribution in [1.29, 1.82) is 0 Å². The van der Waals surface area contributed by atoms with Crippen LogP contribution in [0.25, 0.3) is 10.9 Å². The Balaban J connectivity index is 1.82. The number of nitrogens with one attached hydrogen (secondary N) is 1. The lowest BCUT2D eigenvalue weighted by molar-refractivity contribution is 0.0691. The average Bonchev–Trinajstić information content (AvgIpc) is 2.98. The van der Waals surface area contributed by atoms with Crippen LogP contribution in [-0.4, -0.2) is 23.2 Å². The van der Waals surface area contributed by atoms with Crippen LogP contribution in [-0.2, 0) is 6.61 Å². The zero-order chi connectivity index (χ0) is 15.5. The summed E-state index contributed by atoms with van der Waals surface area (Å²) in [6.07, 6.45) is 0. The highest BCUT2D eigenvalue weighted by Crippen LogP contribution is 2.27. The number of ether oxygens (including phenoxy) is 2. The molecule has 112 valence electrons. The Morgan fingerprint density at radius 1 is 1.18 bits per heavy atom. The minimum atomic E-state index is -0.989. The number of aromatic carboxylic acids is 1. The zero-order valence-corrected chi connectivity index (χ0v) is 12.0. The van der Waals surface area contributed by atoms with Crippen LogP contribution in [0.2, 0.25) is 0 Å². The summed E-state index contributed by atoms with van der Waals surface area (Å²) in [5.41, 5.74) is 1.90. The molecule has 1 aromatic heterocycles. The molecule has 0 spiro atoms. The van der Waals surface area contributed by atoms with E-state index in [4.69, 9.17) is 14.6 Å². The highest BCUT2D eigenvalue weighted by atomic mass is 16.5. The highest BCUT2D eigenvalue weighted by Gasteiger charge is 2.10. The predicted octanol–water partition coefficient (Wildman–Crippen LogP) is 3.45. The minimum Gasteiger partial charge on any atom is -0.497 e. The second kappa shape index (κ2) is 5.81. The Hall–Kier alpha value is -2.95. The van der Waals surface area contributed by atoms with Gasteiger partial charge in [-0.25, -0.2) is 4.79 Å². The van der Waals surface area contributed by atoms with E-state index in [2.05, 4.69) is 4.98 Å². The van der Waals surface area contributed by atoms with Crippen molar-refractivity contribution in [3.05, 3.63) is 59.8 Å². The van der Waals surface area contributed by atoms with Crippen LogP contribution < -0.4 is 9.47 Å². The first-order valence-corrected chi connectivity index (χ1v) is 6.78. The van der Waals surface area contributed by atoms with Gasteiger partial charge in [0.2, 0.25) is 0 Å². The number of hydrogen-bond acceptors (Lipinski definition) is 3. The first-order valence-electron chi connectivity index (χ1n) is 6.78. The van der Waals surface area contributed by atoms with Crippen LogP contribution in [0.15, 0.2) is 48.5 Å². The number of carboxylic acid groups (broad SMARTS) is 1. The molecule has 22 heavy (non-hydrogen) atoms. The second-order valence-corrected chi connectivity index (χ2v) is 4.84. The molecule has 1 heterocycles. The SMILES string of the molecule is COc1ccc(COc2cccc3[nH]c(C(=O)O)cc23)cc1. The Labute approximate surface area is 127 Å². The largest absolute Gasteiger partial charge is 0.497 e. The molecule has 3 rings (SSSR count). The van der Waals surface area contributed by atoms with Crippen LogP contribution in [0.3, 0.4) is 0 Å². The number of carboxylic acids is 1. The number of hydrogen-bond donors (Lipinski definition) is 2. The summed E-state index contributed by atoms with van der Waals surface area (Å²) in [6, 6.07) is 14.7. The summed E-state index contributed by atoms with van der Waals surface area (Å²) in [5.74, 6) is 0.456. The third-order valence-corrected chi connectivity index (χ3v) is 3.41. The molecule has 0 saturated carbocycles. The maximum Gasteiger partial charge on any atom is 0.352 e. The maximum absolute atomic E-state index is 11.0. The number of aromatic nitrogens is 1. The molecule has 0 radical (unpaired) electrons. The molecule has 0 fully saturated rings. The smallest absolute Gasteiger partial charge is 0.352 e. The number of rotatable bonds is 5. The summed E-state index contributed by atoms with van der Waals surface area (Å²) in [7, 11) is 1.62. The van der Waals surface area contributed by atoms with E-state index < -0.39 is 5.97 Å². The quantitative estimate of drug-likeness (QED) is 0.756. The Morgan fingerprint density at radius 2 is 1.95 bits per heavy atom. The fourth-order valence-corrected chi connectivity index (χ4v) is 2.25. The minimum absolute atomic E-state index is 0.149. The van der Waals surface area contributed by atoms with Crippen LogP contribution in [0.1, 0.15) is 16.1 Å². The Kier molecular flexibility index (Phi) is 3.70. The van der Waals surface area contributed by atoms with Gasteiger partial charge in [0, 0.05) is 10.9 Å². The average molecular weight is 297 g/mol. The number of carbonyl (C=O) groups is 1. The summed E-state index contributed by atoms with van der Waals surface area (Å²) < 4.78 is 10.9. The van der Waals surface area contributed by atoms with Gasteiger partial charge >= 0.3 is 5.97 Å². The van der Waals surface area contributed by atoms with Gasteiger partial charge in [0.25, 0.3) is 0 Å². The molecular weight excluding hydrogens is 282 g/mol. The highest BCUT2D eigenvalue weighted by molar-refractivity contribution is 5.96. The van der Waals surface area contributed by atoms with Crippen molar-refractivity contribution >= 4 is 16.9 Å². The first kappa shape index (κ1) is 14.0. The first-order chi connectivity index (χ1) is 10.7. The maximum atomic E-state index is 11.0. The molecule has 5 nitrogen and oxygen atoms in total. The summed E-state index contributed by atoms with van der Waals surface area (Å²) >= 11 is 0. The lowest BCUT2D eigenvalue weighted by atomic mass is 10.2. The van der Waals surface area contributed by atoms with E-state index in [0.717, 1.165) is 22.2 Å². The van der Waals surface area contributed by atoms with Gasteiger partial charge in [-0.2, -0.15) is 0 Å². The van der Waals surface area contributed by atoms with Gasteiger partial charge in [0.1, 0.15) is 23.8 Å². The lowest BCUT2D eigenvalue weighted by Gasteiger charge is -2.08. The summed E-state index contributed by atoms with van der Waals surface area (Å²) in [4.78, 5) is 13.9. The van der Waals surface area contributed by atoms with E-state index in [-0.39, 0.29) is 5.69 Å². The van der Waals surface area contributed by atoms with Gasteiger partial charge < -0.3 is 19.6 Å². The van der Waals surface area contributed by atoms with Crippen molar-refractivity contribution in [3.63, 3.8) is 0 Å². The topological polar surface area (TPSA) is 71.5 Å². The molecule has 2 aromatic carbocycles. The Morgan fingerprint density at radius 3 is 2.64 bits per heavy atom. The molecule has 0 saturated heterocycles. The van der Waals surface area contributed by atoms with Crippen LogP contribution >= 0.6 is 0 Å². The monoisotopic (exact) mass is 297 g/mol. The van der Waals surface area contributed by atoms with Crippen molar-refractivity contribution in [1.82, 2.24) is 4.98 Å². The summed E-state index contributed by atoms with van der Waals surface area (Å²) in [6.45, 7) is 0.399. The van der Waals surface area contributed by atoms with E-state index in [1.54, 1.807) is 13.2 Å². The fourth-order valence-electron chi connectivity index (χ4n) is 2.25. The second-order valence-electron chi connectivity index (χ2n) is 4.84. The molecule has 2 N–H and O–H groups in total. The van der Waals surface area contributed by atoms with Gasteiger partial charge in [-0.15, -0.1) is 0 Å². The third kappa shape index (κ3) is 2.74. The number of benzene rings is 2.